The first kappa shape index (κ1) is 19.0. The summed E-state index contributed by atoms with van der Waals surface area (Å²) in [5.74, 6) is 1.56. The Morgan fingerprint density at radius 1 is 1.03 bits per heavy atom. The number of Topliss-reactive ketones (excluding diaryl/α,β-unsaturated/α-hetero) is 1. The fourth-order valence-corrected chi connectivity index (χ4v) is 3.98. The van der Waals surface area contributed by atoms with Gasteiger partial charge < -0.3 is 23.4 Å². The monoisotopic (exact) mass is 418 g/mol. The number of rotatable bonds is 4. The van der Waals surface area contributed by atoms with Crippen molar-refractivity contribution in [1.29, 1.82) is 0 Å². The molecule has 0 radical (unpaired) electrons. The summed E-state index contributed by atoms with van der Waals surface area (Å²) >= 11 is 0. The molecule has 1 atom stereocenters. The van der Waals surface area contributed by atoms with Gasteiger partial charge in [0.15, 0.2) is 5.76 Å². The number of esters is 1. The van der Waals surface area contributed by atoms with Gasteiger partial charge in [-0.3, -0.25) is 9.59 Å². The zero-order chi connectivity index (χ0) is 21.5. The van der Waals surface area contributed by atoms with E-state index in [0.717, 1.165) is 5.56 Å². The summed E-state index contributed by atoms with van der Waals surface area (Å²) < 4.78 is 27.6. The highest BCUT2D eigenvalue weighted by Crippen LogP contribution is 2.50. The fourth-order valence-electron chi connectivity index (χ4n) is 3.98. The van der Waals surface area contributed by atoms with Gasteiger partial charge in [0.1, 0.15) is 28.8 Å². The van der Waals surface area contributed by atoms with Crippen molar-refractivity contribution >= 4 is 17.8 Å². The third-order valence-electron chi connectivity index (χ3n) is 5.41. The minimum Gasteiger partial charge on any atom is -0.497 e. The summed E-state index contributed by atoms with van der Waals surface area (Å²) in [6, 6.07) is 12.1. The molecule has 7 heteroatoms. The van der Waals surface area contributed by atoms with Gasteiger partial charge in [-0.05, 0) is 30.3 Å². The second kappa shape index (κ2) is 7.36. The van der Waals surface area contributed by atoms with Crippen molar-refractivity contribution in [2.24, 2.45) is 0 Å². The minimum atomic E-state index is -0.414. The van der Waals surface area contributed by atoms with E-state index in [0.29, 0.717) is 39.9 Å². The van der Waals surface area contributed by atoms with Gasteiger partial charge in [-0.25, -0.2) is 0 Å². The van der Waals surface area contributed by atoms with Crippen LogP contribution in [0.25, 0.3) is 6.08 Å². The maximum atomic E-state index is 12.9. The molecule has 0 spiro atoms. The Morgan fingerprint density at radius 3 is 2.65 bits per heavy atom. The van der Waals surface area contributed by atoms with Crippen LogP contribution >= 0.6 is 0 Å². The van der Waals surface area contributed by atoms with Crippen LogP contribution in [0.1, 0.15) is 39.6 Å². The Labute approximate surface area is 177 Å². The molecule has 0 N–H and O–H groups in total. The number of ketones is 1. The van der Waals surface area contributed by atoms with Gasteiger partial charge in [-0.2, -0.15) is 0 Å². The molecule has 0 bridgehead atoms. The molecule has 31 heavy (non-hydrogen) atoms. The van der Waals surface area contributed by atoms with Gasteiger partial charge in [-0.15, -0.1) is 0 Å². The molecule has 1 aromatic heterocycles. The molecule has 2 aliphatic rings. The lowest BCUT2D eigenvalue weighted by molar-refractivity contribution is -0.135. The number of hydrogen-bond donors (Lipinski definition) is 0. The standard InChI is InChI=1S/C24H18O7/c1-27-13-5-6-15(19(10-13)28-2)17-12-21(25)30-18-8-7-16-23(26)20(31-24(16)22(17)18)11-14-4-3-9-29-14/h3-11,17H,12H2,1-2H3/b20-11-/t17-/m0/s1. The molecule has 0 unspecified atom stereocenters. The van der Waals surface area contributed by atoms with Crippen molar-refractivity contribution < 1.29 is 33.0 Å². The maximum Gasteiger partial charge on any atom is 0.312 e. The Morgan fingerprint density at radius 2 is 1.90 bits per heavy atom. The van der Waals surface area contributed by atoms with E-state index in [1.54, 1.807) is 56.7 Å². The number of hydrogen-bond acceptors (Lipinski definition) is 7. The van der Waals surface area contributed by atoms with Crippen molar-refractivity contribution in [3.63, 3.8) is 0 Å². The Bertz CT molecular complexity index is 1220. The summed E-state index contributed by atoms with van der Waals surface area (Å²) in [7, 11) is 3.13. The van der Waals surface area contributed by atoms with E-state index in [-0.39, 0.29) is 23.9 Å². The normalized spacial score (nSPS) is 18.3. The number of carbonyl (C=O) groups is 2. The Hall–Kier alpha value is -4.00. The van der Waals surface area contributed by atoms with Gasteiger partial charge >= 0.3 is 5.97 Å². The molecule has 0 saturated carbocycles. The maximum absolute atomic E-state index is 12.9. The van der Waals surface area contributed by atoms with Gasteiger partial charge in [0, 0.05) is 29.2 Å². The van der Waals surface area contributed by atoms with E-state index in [9.17, 15) is 9.59 Å². The lowest BCUT2D eigenvalue weighted by Crippen LogP contribution is -2.22. The minimum absolute atomic E-state index is 0.0843. The van der Waals surface area contributed by atoms with Crippen LogP contribution in [-0.4, -0.2) is 26.0 Å². The van der Waals surface area contributed by atoms with Crippen LogP contribution in [0.4, 0.5) is 0 Å². The number of ether oxygens (including phenoxy) is 4. The van der Waals surface area contributed by atoms with Gasteiger partial charge in [0.2, 0.25) is 5.78 Å². The predicted octanol–water partition coefficient (Wildman–Crippen LogP) is 4.35. The van der Waals surface area contributed by atoms with Crippen molar-refractivity contribution in [1.82, 2.24) is 0 Å². The predicted molar refractivity (Wildman–Crippen MR) is 110 cm³/mol. The van der Waals surface area contributed by atoms with Crippen LogP contribution in [0.15, 0.2) is 58.9 Å². The quantitative estimate of drug-likeness (QED) is 0.354. The second-order valence-corrected chi connectivity index (χ2v) is 7.15. The van der Waals surface area contributed by atoms with E-state index < -0.39 is 5.92 Å². The van der Waals surface area contributed by atoms with E-state index in [4.69, 9.17) is 23.4 Å². The average molecular weight is 418 g/mol. The topological polar surface area (TPSA) is 84.2 Å². The van der Waals surface area contributed by atoms with Gasteiger partial charge in [0.25, 0.3) is 0 Å². The van der Waals surface area contributed by atoms with Crippen LogP contribution in [0.3, 0.4) is 0 Å². The molecule has 2 aliphatic heterocycles. The first-order valence-electron chi connectivity index (χ1n) is 9.66. The Balaban J connectivity index is 1.65. The first-order valence-corrected chi connectivity index (χ1v) is 9.66. The Kier molecular flexibility index (Phi) is 4.51. The molecule has 0 saturated heterocycles. The van der Waals surface area contributed by atoms with Crippen molar-refractivity contribution in [2.75, 3.05) is 14.2 Å². The number of fused-ring (bicyclic) bond motifs is 3. The molecule has 7 nitrogen and oxygen atoms in total. The van der Waals surface area contributed by atoms with Crippen molar-refractivity contribution in [3.8, 4) is 23.0 Å². The number of furan rings is 1. The zero-order valence-electron chi connectivity index (χ0n) is 16.8. The largest absolute Gasteiger partial charge is 0.497 e. The van der Waals surface area contributed by atoms with Crippen LogP contribution in [0.5, 0.6) is 23.0 Å². The van der Waals surface area contributed by atoms with Gasteiger partial charge in [0.05, 0.1) is 32.5 Å². The lowest BCUT2D eigenvalue weighted by Gasteiger charge is -2.27. The average Bonchev–Trinajstić information content (AvgIpc) is 3.41. The molecular formula is C24H18O7. The smallest absolute Gasteiger partial charge is 0.312 e. The van der Waals surface area contributed by atoms with Crippen LogP contribution in [0.2, 0.25) is 0 Å². The summed E-state index contributed by atoms with van der Waals surface area (Å²) in [5, 5.41) is 0. The van der Waals surface area contributed by atoms with E-state index >= 15 is 0 Å². The van der Waals surface area contributed by atoms with E-state index in [1.165, 1.54) is 6.26 Å². The molecule has 5 rings (SSSR count). The molecule has 0 aliphatic carbocycles. The van der Waals surface area contributed by atoms with Crippen LogP contribution < -0.4 is 18.9 Å². The highest BCUT2D eigenvalue weighted by Gasteiger charge is 2.39. The SMILES string of the molecule is COc1ccc([C@@H]2CC(=O)Oc3ccc4c(c32)O/C(=C\c2ccco2)C4=O)c(OC)c1. The molecule has 2 aromatic carbocycles. The molecular weight excluding hydrogens is 400 g/mol. The summed E-state index contributed by atoms with van der Waals surface area (Å²) in [5.41, 5.74) is 1.82. The molecule has 156 valence electrons. The molecule has 3 aromatic rings. The van der Waals surface area contributed by atoms with Crippen LogP contribution in [0, 0.1) is 0 Å². The number of carbonyl (C=O) groups excluding carboxylic acids is 2. The van der Waals surface area contributed by atoms with Crippen molar-refractivity contribution in [2.45, 2.75) is 12.3 Å². The van der Waals surface area contributed by atoms with Gasteiger partial charge in [-0.1, -0.05) is 6.07 Å². The highest BCUT2D eigenvalue weighted by atomic mass is 16.5. The third kappa shape index (κ3) is 3.15. The molecule has 3 heterocycles. The fraction of sp³-hybridized carbons (Fsp3) is 0.167. The summed E-state index contributed by atoms with van der Waals surface area (Å²) in [6.45, 7) is 0. The van der Waals surface area contributed by atoms with E-state index in [1.807, 2.05) is 6.07 Å². The van der Waals surface area contributed by atoms with E-state index in [2.05, 4.69) is 0 Å². The third-order valence-corrected chi connectivity index (χ3v) is 5.41. The zero-order valence-corrected chi connectivity index (χ0v) is 16.8. The molecule has 0 fully saturated rings. The number of benzene rings is 2. The number of allylic oxidation sites excluding steroid dienone is 1. The summed E-state index contributed by atoms with van der Waals surface area (Å²) in [6.07, 6.45) is 3.15. The summed E-state index contributed by atoms with van der Waals surface area (Å²) in [4.78, 5) is 25.3. The number of methoxy groups -OCH3 is 2. The highest BCUT2D eigenvalue weighted by molar-refractivity contribution is 6.15. The second-order valence-electron chi connectivity index (χ2n) is 7.15. The first-order chi connectivity index (χ1) is 15.1. The molecule has 0 amide bonds. The van der Waals surface area contributed by atoms with Crippen LogP contribution in [-0.2, 0) is 4.79 Å². The van der Waals surface area contributed by atoms with Crippen molar-refractivity contribution in [3.05, 3.63) is 76.9 Å². The lowest BCUT2D eigenvalue weighted by atomic mass is 9.84.